The average Bonchev–Trinajstić information content (AvgIpc) is 3.51. The van der Waals surface area contributed by atoms with E-state index in [9.17, 15) is 0 Å². The molecule has 140 valence electrons. The first-order chi connectivity index (χ1) is 14.0. The lowest BCUT2D eigenvalue weighted by Gasteiger charge is -2.19. The normalized spacial score (nSPS) is 19.0. The zero-order valence-corrected chi connectivity index (χ0v) is 18.5. The van der Waals surface area contributed by atoms with Gasteiger partial charge in [0.2, 0.25) is 0 Å². The van der Waals surface area contributed by atoms with Crippen LogP contribution in [0.15, 0.2) is 69.9 Å². The molecule has 4 nitrogen and oxygen atoms in total. The van der Waals surface area contributed by atoms with Crippen molar-refractivity contribution in [3.8, 4) is 0 Å². The molecule has 0 radical (unpaired) electrons. The highest BCUT2D eigenvalue weighted by Gasteiger charge is 2.23. The lowest BCUT2D eigenvalue weighted by molar-refractivity contribution is 1.02. The number of aliphatic imine (C=N–C) groups is 2. The van der Waals surface area contributed by atoms with E-state index in [1.165, 1.54) is 44.4 Å². The van der Waals surface area contributed by atoms with Gasteiger partial charge in [-0.15, -0.1) is 0 Å². The van der Waals surface area contributed by atoms with E-state index in [1.807, 2.05) is 0 Å². The van der Waals surface area contributed by atoms with E-state index in [0.717, 1.165) is 22.8 Å². The Kier molecular flexibility index (Phi) is 3.42. The van der Waals surface area contributed by atoms with Crippen LogP contribution in [0.25, 0.3) is 22.3 Å². The molecule has 0 fully saturated rings. The van der Waals surface area contributed by atoms with E-state index in [0.29, 0.717) is 0 Å². The Balaban J connectivity index is 1.86. The number of nitrogens with zero attached hydrogens (tertiary/aromatic N) is 4. The van der Waals surface area contributed by atoms with Gasteiger partial charge < -0.3 is 7.10 Å². The molecule has 0 saturated carbocycles. The number of aromatic nitrogens is 2. The molecule has 4 aliphatic heterocycles. The second-order valence-electron chi connectivity index (χ2n) is 8.14. The number of fused-ring (bicyclic) bond motifs is 2. The van der Waals surface area contributed by atoms with Gasteiger partial charge in [0.05, 0.1) is 22.8 Å². The van der Waals surface area contributed by atoms with Crippen molar-refractivity contribution in [3.63, 3.8) is 0 Å². The molecule has 4 aliphatic rings. The van der Waals surface area contributed by atoms with Crippen molar-refractivity contribution in [3.05, 3.63) is 82.0 Å². The number of allylic oxidation sites excluding steroid dienone is 6. The van der Waals surface area contributed by atoms with Gasteiger partial charge in [-0.05, 0) is 98.6 Å². The maximum Gasteiger partial charge on any atom is 0.558 e. The molecule has 2 aromatic rings. The lowest BCUT2D eigenvalue weighted by atomic mass is 10.1. The maximum atomic E-state index is 4.98. The monoisotopic (exact) mass is 392 g/mol. The minimum atomic E-state index is -0.865. The van der Waals surface area contributed by atoms with Gasteiger partial charge in [-0.3, -0.25) is 0 Å². The van der Waals surface area contributed by atoms with Crippen molar-refractivity contribution in [2.75, 3.05) is 0 Å². The molecule has 0 aromatic carbocycles. The molecule has 6 rings (SSSR count). The highest BCUT2D eigenvalue weighted by atomic mass is 27.1. The van der Waals surface area contributed by atoms with Gasteiger partial charge >= 0.3 is 15.7 Å². The van der Waals surface area contributed by atoms with Crippen molar-refractivity contribution in [1.29, 1.82) is 0 Å². The van der Waals surface area contributed by atoms with E-state index in [2.05, 4.69) is 83.4 Å². The fourth-order valence-corrected chi connectivity index (χ4v) is 7.04. The zero-order valence-electron chi connectivity index (χ0n) is 17.1. The van der Waals surface area contributed by atoms with Crippen LogP contribution in [0.5, 0.6) is 0 Å². The van der Waals surface area contributed by atoms with E-state index in [-0.39, 0.29) is 0 Å². The van der Waals surface area contributed by atoms with Gasteiger partial charge in [0, 0.05) is 22.1 Å². The van der Waals surface area contributed by atoms with E-state index in [4.69, 9.17) is 9.98 Å². The van der Waals surface area contributed by atoms with Crippen LogP contribution in [0.1, 0.15) is 39.1 Å². The van der Waals surface area contributed by atoms with Crippen LogP contribution in [-0.4, -0.2) is 34.2 Å². The summed E-state index contributed by atoms with van der Waals surface area (Å²) in [6.45, 7) is 8.79. The molecule has 0 unspecified atom stereocenters. The number of hydrogen-bond donors (Lipinski definition) is 0. The van der Waals surface area contributed by atoms with Crippen LogP contribution in [0.4, 0.5) is 0 Å². The second kappa shape index (κ2) is 5.82. The van der Waals surface area contributed by atoms with Crippen LogP contribution in [-0.2, 0) is 0 Å². The summed E-state index contributed by atoms with van der Waals surface area (Å²) in [5.74, 6) is 0. The molecule has 0 amide bonds. The average molecular weight is 392 g/mol. The maximum absolute atomic E-state index is 4.98. The highest BCUT2D eigenvalue weighted by molar-refractivity contribution is 6.35. The van der Waals surface area contributed by atoms with Gasteiger partial charge in [0.15, 0.2) is 0 Å². The molecule has 6 heterocycles. The summed E-state index contributed by atoms with van der Waals surface area (Å²) in [6, 6.07) is 9.04. The Labute approximate surface area is 176 Å². The quantitative estimate of drug-likeness (QED) is 0.618. The summed E-state index contributed by atoms with van der Waals surface area (Å²) in [4.78, 5) is 9.95. The highest BCUT2D eigenvalue weighted by Crippen LogP contribution is 2.31. The SMILES string of the molecule is CC1=C2C=CC(=N2)C(C)=c2ccc3[n]2[AlH][n]2c1ccc2C(C)=C1C=CC(=N1)C=3C. The van der Waals surface area contributed by atoms with Gasteiger partial charge in [-0.1, -0.05) is 0 Å². The summed E-state index contributed by atoms with van der Waals surface area (Å²) in [5.41, 5.74) is 11.8. The van der Waals surface area contributed by atoms with Crippen LogP contribution in [0.2, 0.25) is 0 Å². The van der Waals surface area contributed by atoms with Gasteiger partial charge in [0.1, 0.15) is 0 Å². The first-order valence-corrected chi connectivity index (χ1v) is 11.3. The van der Waals surface area contributed by atoms with Gasteiger partial charge in [0.25, 0.3) is 0 Å². The number of rotatable bonds is 0. The standard InChI is InChI=1S/C24H20N4.Al.H/c1-13-17-5-7-19(25-17)14(2)21-9-11-23(27-21)16(4)24-12-10-22(28-24)15(3)20-8-6-18(13)26-20;;/h5-12H,1-4H3;;/q-2;+2;. The molecule has 6 bridgehead atoms. The molecular formula is C24H21AlN4. The molecule has 0 saturated heterocycles. The summed E-state index contributed by atoms with van der Waals surface area (Å²) < 4.78 is 5.11. The molecule has 0 N–H and O–H groups in total. The first kappa shape index (κ1) is 17.0. The van der Waals surface area contributed by atoms with Gasteiger partial charge in [-0.2, -0.15) is 0 Å². The molecule has 5 heteroatoms. The minimum Gasteiger partial charge on any atom is -0.418 e. The van der Waals surface area contributed by atoms with Crippen molar-refractivity contribution < 1.29 is 0 Å². The minimum absolute atomic E-state index is 0.865. The largest absolute Gasteiger partial charge is 0.558 e. The smallest absolute Gasteiger partial charge is 0.418 e. The van der Waals surface area contributed by atoms with Crippen LogP contribution in [0.3, 0.4) is 0 Å². The Morgan fingerprint density at radius 3 is 1.55 bits per heavy atom. The Bertz CT molecular complexity index is 1340. The van der Waals surface area contributed by atoms with Crippen molar-refractivity contribution >= 4 is 49.4 Å². The molecule has 0 spiro atoms. The zero-order chi connectivity index (χ0) is 19.9. The predicted octanol–water partition coefficient (Wildman–Crippen LogP) is 2.80. The summed E-state index contributed by atoms with van der Waals surface area (Å²) in [6.07, 6.45) is 8.62. The number of hydrogen-bond acceptors (Lipinski definition) is 2. The summed E-state index contributed by atoms with van der Waals surface area (Å²) >= 11 is -0.865. The van der Waals surface area contributed by atoms with Gasteiger partial charge in [-0.25, -0.2) is 9.98 Å². The third-order valence-electron chi connectivity index (χ3n) is 6.60. The third kappa shape index (κ3) is 2.26. The predicted molar refractivity (Wildman–Crippen MR) is 123 cm³/mol. The first-order valence-electron chi connectivity index (χ1n) is 10.1. The Morgan fingerprint density at radius 1 is 0.586 bits per heavy atom. The van der Waals surface area contributed by atoms with Crippen LogP contribution >= 0.6 is 0 Å². The topological polar surface area (TPSA) is 34.6 Å². The van der Waals surface area contributed by atoms with Crippen LogP contribution in [0, 0.1) is 0 Å². The Morgan fingerprint density at radius 2 is 1.07 bits per heavy atom. The van der Waals surface area contributed by atoms with Crippen molar-refractivity contribution in [2.45, 2.75) is 27.7 Å². The van der Waals surface area contributed by atoms with E-state index < -0.39 is 15.7 Å². The molecule has 2 aromatic heterocycles. The fourth-order valence-electron chi connectivity index (χ4n) is 4.78. The van der Waals surface area contributed by atoms with Crippen molar-refractivity contribution in [2.24, 2.45) is 9.98 Å². The molecule has 0 aliphatic carbocycles. The lowest BCUT2D eigenvalue weighted by Crippen LogP contribution is -2.39. The summed E-state index contributed by atoms with van der Waals surface area (Å²) in [5, 5.41) is 2.54. The Hall–Kier alpha value is -2.87. The van der Waals surface area contributed by atoms with Crippen molar-refractivity contribution in [1.82, 2.24) is 7.10 Å². The summed E-state index contributed by atoms with van der Waals surface area (Å²) in [7, 11) is 0. The molecular weight excluding hydrogens is 371 g/mol. The second-order valence-corrected chi connectivity index (χ2v) is 9.68. The van der Waals surface area contributed by atoms with Crippen LogP contribution < -0.4 is 10.7 Å². The molecule has 0 atom stereocenters. The van der Waals surface area contributed by atoms with E-state index in [1.54, 1.807) is 0 Å². The molecule has 29 heavy (non-hydrogen) atoms. The fraction of sp³-hybridized carbons (Fsp3) is 0.167. The third-order valence-corrected chi connectivity index (χ3v) is 8.53. The van der Waals surface area contributed by atoms with E-state index >= 15 is 0 Å².